The molecule has 0 aliphatic carbocycles. The molecule has 6 nitrogen and oxygen atoms in total. The molecule has 0 radical (unpaired) electrons. The summed E-state index contributed by atoms with van der Waals surface area (Å²) < 4.78 is 6.92. The Hall–Kier alpha value is -3.59. The topological polar surface area (TPSA) is 79.9 Å². The maximum absolute atomic E-state index is 12.2. The van der Waals surface area contributed by atoms with Gasteiger partial charge in [-0.05, 0) is 42.7 Å². The number of rotatable bonds is 5. The zero-order valence-corrected chi connectivity index (χ0v) is 15.5. The molecule has 1 N–H and O–H groups in total. The van der Waals surface area contributed by atoms with Gasteiger partial charge < -0.3 is 14.6 Å². The number of nitriles is 1. The Morgan fingerprint density at radius 1 is 1.19 bits per heavy atom. The number of benzene rings is 2. The Morgan fingerprint density at radius 2 is 1.96 bits per heavy atom. The number of nitrogens with zero attached hydrogens (tertiary/aromatic N) is 3. The van der Waals surface area contributed by atoms with E-state index >= 15 is 0 Å². The average Bonchev–Trinajstić information content (AvgIpc) is 2.67. The maximum Gasteiger partial charge on any atom is 0.316 e. The minimum Gasteiger partial charge on any atom is -0.490 e. The van der Waals surface area contributed by atoms with Gasteiger partial charge in [-0.25, -0.2) is 0 Å². The fraction of sp³-hybridized carbons (Fsp3) is 0.190. The van der Waals surface area contributed by atoms with Gasteiger partial charge in [-0.3, -0.25) is 4.79 Å². The zero-order valence-electron chi connectivity index (χ0n) is 15.5. The van der Waals surface area contributed by atoms with Gasteiger partial charge in [0.05, 0.1) is 31.5 Å². The Kier molecular flexibility index (Phi) is 5.23. The summed E-state index contributed by atoms with van der Waals surface area (Å²) in [7, 11) is 1.43. The summed E-state index contributed by atoms with van der Waals surface area (Å²) in [5, 5.41) is 12.6. The highest BCUT2D eigenvalue weighted by atomic mass is 16.5. The molecule has 0 aliphatic heterocycles. The van der Waals surface area contributed by atoms with Gasteiger partial charge in [0.15, 0.2) is 0 Å². The fourth-order valence-corrected chi connectivity index (χ4v) is 2.79. The van der Waals surface area contributed by atoms with Gasteiger partial charge in [0, 0.05) is 5.69 Å². The molecule has 1 heterocycles. The van der Waals surface area contributed by atoms with Gasteiger partial charge in [-0.15, -0.1) is 0 Å². The third-order valence-electron chi connectivity index (χ3n) is 4.51. The molecule has 0 unspecified atom stereocenters. The lowest BCUT2D eigenvalue weighted by atomic mass is 10.1. The van der Waals surface area contributed by atoms with Gasteiger partial charge in [0.2, 0.25) is 11.7 Å². The van der Waals surface area contributed by atoms with Crippen LogP contribution in [0.15, 0.2) is 53.5 Å². The molecule has 6 heteroatoms. The van der Waals surface area contributed by atoms with Crippen LogP contribution in [0.1, 0.15) is 22.3 Å². The van der Waals surface area contributed by atoms with Crippen molar-refractivity contribution in [2.45, 2.75) is 20.4 Å². The monoisotopic (exact) mass is 360 g/mol. The Balaban J connectivity index is 2.08. The molecule has 0 aliphatic rings. The molecular formula is C21H20N4O2. The van der Waals surface area contributed by atoms with Crippen molar-refractivity contribution in [2.24, 2.45) is 0 Å². The van der Waals surface area contributed by atoms with E-state index in [9.17, 15) is 10.1 Å². The van der Waals surface area contributed by atoms with Crippen LogP contribution in [0.4, 0.5) is 11.6 Å². The molecule has 3 rings (SSSR count). The Labute approximate surface area is 157 Å². The Morgan fingerprint density at radius 3 is 2.70 bits per heavy atom. The molecular weight excluding hydrogens is 340 g/mol. The molecule has 0 bridgehead atoms. The normalized spacial score (nSPS) is 10.3. The lowest BCUT2D eigenvalue weighted by molar-refractivity contribution is 0.402. The number of anilines is 2. The van der Waals surface area contributed by atoms with Crippen molar-refractivity contribution in [1.82, 2.24) is 9.55 Å². The predicted octanol–water partition coefficient (Wildman–Crippen LogP) is 3.53. The van der Waals surface area contributed by atoms with Crippen molar-refractivity contribution in [3.8, 4) is 11.8 Å². The molecule has 1 aromatic heterocycles. The molecule has 0 fully saturated rings. The van der Waals surface area contributed by atoms with E-state index in [1.54, 1.807) is 16.8 Å². The third kappa shape index (κ3) is 3.82. The average molecular weight is 360 g/mol. The highest BCUT2D eigenvalue weighted by molar-refractivity contribution is 5.60. The first-order valence-electron chi connectivity index (χ1n) is 8.50. The minimum atomic E-state index is -0.449. The fourth-order valence-electron chi connectivity index (χ4n) is 2.79. The summed E-state index contributed by atoms with van der Waals surface area (Å²) in [6.45, 7) is 4.41. The van der Waals surface area contributed by atoms with Crippen molar-refractivity contribution >= 4 is 11.6 Å². The minimum absolute atomic E-state index is 0.149. The number of hydrogen-bond acceptors (Lipinski definition) is 5. The van der Waals surface area contributed by atoms with Crippen molar-refractivity contribution in [3.05, 3.63) is 81.3 Å². The first-order valence-corrected chi connectivity index (χ1v) is 8.50. The summed E-state index contributed by atoms with van der Waals surface area (Å²) in [4.78, 5) is 16.3. The molecule has 0 saturated heterocycles. The van der Waals surface area contributed by atoms with Crippen LogP contribution in [0.2, 0.25) is 0 Å². The van der Waals surface area contributed by atoms with Crippen LogP contribution in [0.3, 0.4) is 0 Å². The maximum atomic E-state index is 12.2. The van der Waals surface area contributed by atoms with Crippen LogP contribution in [-0.2, 0) is 6.54 Å². The summed E-state index contributed by atoms with van der Waals surface area (Å²) in [5.74, 6) is 0.540. The molecule has 136 valence electrons. The summed E-state index contributed by atoms with van der Waals surface area (Å²) in [6.07, 6.45) is 1.61. The molecule has 2 aromatic carbocycles. The lowest BCUT2D eigenvalue weighted by Crippen LogP contribution is -2.19. The lowest BCUT2D eigenvalue weighted by Gasteiger charge is -2.17. The van der Waals surface area contributed by atoms with E-state index in [4.69, 9.17) is 4.74 Å². The molecule has 0 amide bonds. The third-order valence-corrected chi connectivity index (χ3v) is 4.51. The standard InChI is InChI=1S/C21H20N4O2/c1-14-7-6-10-18(15(14)2)23-21-24-20(26)19(27-3)13-25(21)12-17-9-5-4-8-16(17)11-22/h4-10,13H,12H2,1-3H3,(H,23,24,26). The second-order valence-corrected chi connectivity index (χ2v) is 6.21. The van der Waals surface area contributed by atoms with Gasteiger partial charge >= 0.3 is 5.56 Å². The van der Waals surface area contributed by atoms with E-state index in [0.717, 1.165) is 22.4 Å². The number of aryl methyl sites for hydroxylation is 1. The van der Waals surface area contributed by atoms with E-state index < -0.39 is 5.56 Å². The van der Waals surface area contributed by atoms with Crippen LogP contribution in [0, 0.1) is 25.2 Å². The van der Waals surface area contributed by atoms with Crippen LogP contribution in [-0.4, -0.2) is 16.7 Å². The number of methoxy groups -OCH3 is 1. The number of hydrogen-bond donors (Lipinski definition) is 1. The highest BCUT2D eigenvalue weighted by Crippen LogP contribution is 2.23. The van der Waals surface area contributed by atoms with Crippen LogP contribution in [0.5, 0.6) is 5.75 Å². The summed E-state index contributed by atoms with van der Waals surface area (Å²) >= 11 is 0. The van der Waals surface area contributed by atoms with Gasteiger partial charge in [0.25, 0.3) is 0 Å². The number of ether oxygens (including phenoxy) is 1. The van der Waals surface area contributed by atoms with Crippen molar-refractivity contribution in [2.75, 3.05) is 12.4 Å². The van der Waals surface area contributed by atoms with Gasteiger partial charge in [-0.2, -0.15) is 10.2 Å². The predicted molar refractivity (Wildman–Crippen MR) is 105 cm³/mol. The summed E-state index contributed by atoms with van der Waals surface area (Å²) in [6, 6.07) is 15.4. The van der Waals surface area contributed by atoms with Crippen LogP contribution >= 0.6 is 0 Å². The first kappa shape index (κ1) is 18.2. The van der Waals surface area contributed by atoms with E-state index in [2.05, 4.69) is 16.4 Å². The van der Waals surface area contributed by atoms with E-state index in [1.807, 2.05) is 50.2 Å². The van der Waals surface area contributed by atoms with E-state index in [1.165, 1.54) is 7.11 Å². The highest BCUT2D eigenvalue weighted by Gasteiger charge is 2.12. The molecule has 3 aromatic rings. The quantitative estimate of drug-likeness (QED) is 0.753. The van der Waals surface area contributed by atoms with E-state index in [0.29, 0.717) is 18.1 Å². The van der Waals surface area contributed by atoms with Crippen LogP contribution < -0.4 is 15.6 Å². The van der Waals surface area contributed by atoms with Gasteiger partial charge in [-0.1, -0.05) is 30.3 Å². The van der Waals surface area contributed by atoms with Gasteiger partial charge in [0.1, 0.15) is 0 Å². The van der Waals surface area contributed by atoms with Crippen molar-refractivity contribution in [3.63, 3.8) is 0 Å². The molecule has 27 heavy (non-hydrogen) atoms. The van der Waals surface area contributed by atoms with E-state index in [-0.39, 0.29) is 5.75 Å². The molecule has 0 atom stereocenters. The largest absolute Gasteiger partial charge is 0.490 e. The van der Waals surface area contributed by atoms with Crippen LogP contribution in [0.25, 0.3) is 0 Å². The Bertz CT molecular complexity index is 1080. The molecule has 0 saturated carbocycles. The van der Waals surface area contributed by atoms with Crippen molar-refractivity contribution < 1.29 is 4.74 Å². The smallest absolute Gasteiger partial charge is 0.316 e. The second kappa shape index (κ2) is 7.75. The second-order valence-electron chi connectivity index (χ2n) is 6.21. The zero-order chi connectivity index (χ0) is 19.4. The van der Waals surface area contributed by atoms with Crippen molar-refractivity contribution in [1.29, 1.82) is 5.26 Å². The SMILES string of the molecule is COc1cn(Cc2ccccc2C#N)c(Nc2cccc(C)c2C)nc1=O. The summed E-state index contributed by atoms with van der Waals surface area (Å²) in [5.41, 5.74) is 4.04. The molecule has 0 spiro atoms. The number of aromatic nitrogens is 2. The first-order chi connectivity index (χ1) is 13.0. The number of nitrogens with one attached hydrogen (secondary N) is 1.